The van der Waals surface area contributed by atoms with E-state index in [1.54, 1.807) is 30.3 Å². The zero-order valence-electron chi connectivity index (χ0n) is 14.7. The Labute approximate surface area is 162 Å². The molecule has 1 aliphatic rings. The van der Waals surface area contributed by atoms with E-state index in [4.69, 9.17) is 0 Å². The van der Waals surface area contributed by atoms with Gasteiger partial charge in [0.1, 0.15) is 0 Å². The van der Waals surface area contributed by atoms with E-state index in [2.05, 4.69) is 38.1 Å². The minimum Gasteiger partial charge on any atom is -0.322 e. The van der Waals surface area contributed by atoms with E-state index in [1.807, 2.05) is 18.2 Å². The zero-order valence-corrected chi connectivity index (χ0v) is 16.3. The zero-order chi connectivity index (χ0) is 18.5. The number of carbonyl (C=O) groups is 2. The van der Waals surface area contributed by atoms with Crippen molar-refractivity contribution in [3.05, 3.63) is 64.1 Å². The van der Waals surface area contributed by atoms with E-state index < -0.39 is 0 Å². The van der Waals surface area contributed by atoms with Crippen LogP contribution in [0.2, 0.25) is 0 Å². The molecule has 0 saturated carbocycles. The molecule has 26 heavy (non-hydrogen) atoms. The number of benzene rings is 2. The Morgan fingerprint density at radius 1 is 1.04 bits per heavy atom. The van der Waals surface area contributed by atoms with Crippen molar-refractivity contribution in [1.29, 1.82) is 0 Å². The molecule has 3 rings (SSSR count). The number of rotatable bonds is 5. The van der Waals surface area contributed by atoms with Crippen LogP contribution in [0, 0.1) is 0 Å². The molecule has 1 N–H and O–H groups in total. The van der Waals surface area contributed by atoms with E-state index >= 15 is 0 Å². The molecule has 0 aromatic heterocycles. The van der Waals surface area contributed by atoms with Crippen molar-refractivity contribution in [2.45, 2.75) is 0 Å². The molecule has 6 heteroatoms. The molecule has 0 bridgehead atoms. The fourth-order valence-corrected chi connectivity index (χ4v) is 3.38. The maximum Gasteiger partial charge on any atom is 0.256 e. The van der Waals surface area contributed by atoms with Gasteiger partial charge in [-0.2, -0.15) is 0 Å². The predicted molar refractivity (Wildman–Crippen MR) is 107 cm³/mol. The second-order valence-corrected chi connectivity index (χ2v) is 7.37. The highest BCUT2D eigenvalue weighted by molar-refractivity contribution is 9.10. The average molecular weight is 416 g/mol. The largest absolute Gasteiger partial charge is 0.322 e. The lowest BCUT2D eigenvalue weighted by Crippen LogP contribution is -2.46. The highest BCUT2D eigenvalue weighted by Crippen LogP contribution is 2.19. The molecule has 5 nitrogen and oxygen atoms in total. The molecule has 1 saturated heterocycles. The number of halogens is 1. The minimum absolute atomic E-state index is 0.0755. The number of nitrogens with one attached hydrogen (secondary N) is 1. The van der Waals surface area contributed by atoms with Crippen molar-refractivity contribution in [1.82, 2.24) is 9.80 Å². The number of hydrogen-bond acceptors (Lipinski definition) is 4. The van der Waals surface area contributed by atoms with Crippen LogP contribution in [0.25, 0.3) is 0 Å². The van der Waals surface area contributed by atoms with Gasteiger partial charge in [-0.1, -0.05) is 24.3 Å². The summed E-state index contributed by atoms with van der Waals surface area (Å²) in [6.45, 7) is 4.18. The van der Waals surface area contributed by atoms with Crippen molar-refractivity contribution in [3.63, 3.8) is 0 Å². The Hall–Kier alpha value is -2.02. The second-order valence-electron chi connectivity index (χ2n) is 6.52. The van der Waals surface area contributed by atoms with Gasteiger partial charge in [0.05, 0.1) is 12.1 Å². The second kappa shape index (κ2) is 8.58. The van der Waals surface area contributed by atoms with E-state index in [0.717, 1.165) is 30.7 Å². The first-order chi connectivity index (χ1) is 12.5. The van der Waals surface area contributed by atoms with Crippen LogP contribution in [0.3, 0.4) is 0 Å². The lowest BCUT2D eigenvalue weighted by molar-refractivity contribution is 0.0876. The first-order valence-electron chi connectivity index (χ1n) is 8.63. The van der Waals surface area contributed by atoms with Crippen LogP contribution in [0.1, 0.15) is 20.7 Å². The third-order valence-electron chi connectivity index (χ3n) is 4.52. The van der Waals surface area contributed by atoms with Gasteiger partial charge in [0, 0.05) is 41.9 Å². The van der Waals surface area contributed by atoms with Gasteiger partial charge >= 0.3 is 0 Å². The number of carbonyl (C=O) groups excluding carboxylic acids is 2. The molecule has 136 valence electrons. The van der Waals surface area contributed by atoms with Gasteiger partial charge in [-0.15, -0.1) is 0 Å². The van der Waals surface area contributed by atoms with E-state index in [0.29, 0.717) is 23.4 Å². The number of hydrogen-bond donors (Lipinski definition) is 1. The van der Waals surface area contributed by atoms with Gasteiger partial charge < -0.3 is 10.2 Å². The fourth-order valence-electron chi connectivity index (χ4n) is 2.91. The van der Waals surface area contributed by atoms with Crippen molar-refractivity contribution in [2.75, 3.05) is 45.1 Å². The number of Topliss-reactive ketones (excluding diaryl/α,β-unsaturated/α-hetero) is 1. The van der Waals surface area contributed by atoms with Crippen LogP contribution in [-0.4, -0.2) is 61.3 Å². The number of ketones is 1. The van der Waals surface area contributed by atoms with E-state index in [1.165, 1.54) is 0 Å². The lowest BCUT2D eigenvalue weighted by atomic mass is 10.1. The summed E-state index contributed by atoms with van der Waals surface area (Å²) in [6, 6.07) is 14.4. The predicted octanol–water partition coefficient (Wildman–Crippen LogP) is 3.13. The van der Waals surface area contributed by atoms with Crippen LogP contribution in [0.15, 0.2) is 53.0 Å². The van der Waals surface area contributed by atoms with Crippen LogP contribution in [0.5, 0.6) is 0 Å². The molecule has 1 heterocycles. The van der Waals surface area contributed by atoms with Crippen molar-refractivity contribution >= 4 is 33.3 Å². The molecular formula is C20H22BrN3O2. The number of nitrogens with zero attached hydrogens (tertiary/aromatic N) is 2. The standard InChI is InChI=1S/C20H22BrN3O2/c1-23-9-11-24(12-10-23)14-19(25)15-5-4-6-16(13-15)22-20(26)17-7-2-3-8-18(17)21/h2-8,13H,9-12,14H2,1H3,(H,22,26). The van der Waals surface area contributed by atoms with Gasteiger partial charge in [0.25, 0.3) is 5.91 Å². The monoisotopic (exact) mass is 415 g/mol. The summed E-state index contributed by atoms with van der Waals surface area (Å²) in [5.41, 5.74) is 1.80. The smallest absolute Gasteiger partial charge is 0.256 e. The number of amides is 1. The number of piperazine rings is 1. The van der Waals surface area contributed by atoms with Gasteiger partial charge in [0.15, 0.2) is 5.78 Å². The minimum atomic E-state index is -0.207. The lowest BCUT2D eigenvalue weighted by Gasteiger charge is -2.31. The average Bonchev–Trinajstić information content (AvgIpc) is 2.64. The third-order valence-corrected chi connectivity index (χ3v) is 5.22. The summed E-state index contributed by atoms with van der Waals surface area (Å²) in [7, 11) is 2.09. The normalized spacial score (nSPS) is 15.6. The summed E-state index contributed by atoms with van der Waals surface area (Å²) >= 11 is 3.38. The molecule has 0 radical (unpaired) electrons. The van der Waals surface area contributed by atoms with Crippen LogP contribution < -0.4 is 5.32 Å². The third kappa shape index (κ3) is 4.78. The Morgan fingerprint density at radius 3 is 2.50 bits per heavy atom. The SMILES string of the molecule is CN1CCN(CC(=O)c2cccc(NC(=O)c3ccccc3Br)c2)CC1. The summed E-state index contributed by atoms with van der Waals surface area (Å²) in [5.74, 6) is -0.132. The Balaban J connectivity index is 1.65. The van der Waals surface area contributed by atoms with Crippen LogP contribution >= 0.6 is 15.9 Å². The van der Waals surface area contributed by atoms with Crippen molar-refractivity contribution in [2.24, 2.45) is 0 Å². The highest BCUT2D eigenvalue weighted by Gasteiger charge is 2.18. The van der Waals surface area contributed by atoms with Gasteiger partial charge in [0.2, 0.25) is 0 Å². The summed E-state index contributed by atoms with van der Waals surface area (Å²) in [5, 5.41) is 2.86. The Bertz CT molecular complexity index is 801. The molecule has 0 atom stereocenters. The summed E-state index contributed by atoms with van der Waals surface area (Å²) in [6.07, 6.45) is 0. The summed E-state index contributed by atoms with van der Waals surface area (Å²) < 4.78 is 0.736. The summed E-state index contributed by atoms with van der Waals surface area (Å²) in [4.78, 5) is 29.4. The highest BCUT2D eigenvalue weighted by atomic mass is 79.9. The number of anilines is 1. The molecule has 2 aromatic rings. The number of likely N-dealkylation sites (N-methyl/N-ethyl adjacent to an activating group) is 1. The molecule has 2 aromatic carbocycles. The van der Waals surface area contributed by atoms with Gasteiger partial charge in [-0.05, 0) is 47.2 Å². The Morgan fingerprint density at radius 2 is 1.77 bits per heavy atom. The first-order valence-corrected chi connectivity index (χ1v) is 9.42. The van der Waals surface area contributed by atoms with Crippen molar-refractivity contribution in [3.8, 4) is 0 Å². The van der Waals surface area contributed by atoms with Crippen molar-refractivity contribution < 1.29 is 9.59 Å². The van der Waals surface area contributed by atoms with Crippen LogP contribution in [-0.2, 0) is 0 Å². The maximum atomic E-state index is 12.6. The molecular weight excluding hydrogens is 394 g/mol. The van der Waals surface area contributed by atoms with E-state index in [-0.39, 0.29) is 11.7 Å². The molecule has 1 aliphatic heterocycles. The molecule has 1 amide bonds. The maximum absolute atomic E-state index is 12.6. The van der Waals surface area contributed by atoms with Crippen LogP contribution in [0.4, 0.5) is 5.69 Å². The molecule has 1 fully saturated rings. The molecule has 0 aliphatic carbocycles. The topological polar surface area (TPSA) is 52.6 Å². The first kappa shape index (κ1) is 18.8. The fraction of sp³-hybridized carbons (Fsp3) is 0.300. The quantitative estimate of drug-likeness (QED) is 0.762. The van der Waals surface area contributed by atoms with E-state index in [9.17, 15) is 9.59 Å². The Kier molecular flexibility index (Phi) is 6.19. The van der Waals surface area contributed by atoms with Gasteiger partial charge in [-0.25, -0.2) is 0 Å². The van der Waals surface area contributed by atoms with Gasteiger partial charge in [-0.3, -0.25) is 14.5 Å². The molecule has 0 spiro atoms. The molecule has 0 unspecified atom stereocenters.